The molecule has 18 heavy (non-hydrogen) atoms. The molecule has 98 valence electrons. The van der Waals surface area contributed by atoms with Gasteiger partial charge in [0.05, 0.1) is 0 Å². The molecule has 0 aromatic heterocycles. The number of imide groups is 1. The number of amides is 4. The van der Waals surface area contributed by atoms with E-state index in [4.69, 9.17) is 5.73 Å². The Morgan fingerprint density at radius 2 is 1.61 bits per heavy atom. The van der Waals surface area contributed by atoms with Crippen molar-refractivity contribution in [1.82, 2.24) is 14.7 Å². The number of primary amides is 1. The second kappa shape index (κ2) is 5.18. The summed E-state index contributed by atoms with van der Waals surface area (Å²) in [5.41, 5.74) is 5.19. The number of hydrogen-bond acceptors (Lipinski definition) is 4. The van der Waals surface area contributed by atoms with Gasteiger partial charge in [-0.15, -0.1) is 0 Å². The maximum absolute atomic E-state index is 11.3. The highest BCUT2D eigenvalue weighted by atomic mass is 16.2. The Labute approximate surface area is 105 Å². The van der Waals surface area contributed by atoms with Crippen LogP contribution < -0.4 is 5.73 Å². The number of urea groups is 1. The van der Waals surface area contributed by atoms with Gasteiger partial charge in [0.15, 0.2) is 0 Å². The van der Waals surface area contributed by atoms with Gasteiger partial charge in [0, 0.05) is 51.4 Å². The molecule has 7 nitrogen and oxygen atoms in total. The summed E-state index contributed by atoms with van der Waals surface area (Å²) >= 11 is 0. The molecule has 1 saturated heterocycles. The molecule has 0 aromatic rings. The lowest BCUT2D eigenvalue weighted by Crippen LogP contribution is -2.52. The average Bonchev–Trinajstić information content (AvgIpc) is 2.67. The maximum Gasteiger partial charge on any atom is 0.314 e. The van der Waals surface area contributed by atoms with Gasteiger partial charge in [-0.2, -0.15) is 0 Å². The molecule has 0 saturated carbocycles. The first-order valence-electron chi connectivity index (χ1n) is 5.88. The van der Waals surface area contributed by atoms with E-state index in [0.717, 1.165) is 0 Å². The normalized spacial score (nSPS) is 20.9. The van der Waals surface area contributed by atoms with E-state index in [0.29, 0.717) is 39.3 Å². The summed E-state index contributed by atoms with van der Waals surface area (Å²) in [5.74, 6) is -0.508. The molecule has 0 bridgehead atoms. The molecule has 0 atom stereocenters. The third-order valence-corrected chi connectivity index (χ3v) is 3.22. The van der Waals surface area contributed by atoms with E-state index in [9.17, 15) is 14.4 Å². The number of nitrogens with two attached hydrogens (primary N) is 1. The zero-order valence-corrected chi connectivity index (χ0v) is 10.0. The molecule has 4 amide bonds. The van der Waals surface area contributed by atoms with E-state index in [-0.39, 0.29) is 11.8 Å². The molecular formula is C11H16N4O3. The first kappa shape index (κ1) is 12.6. The first-order chi connectivity index (χ1) is 8.58. The van der Waals surface area contributed by atoms with Gasteiger partial charge in [-0.05, 0) is 0 Å². The quantitative estimate of drug-likeness (QED) is 0.626. The molecular weight excluding hydrogens is 236 g/mol. The Morgan fingerprint density at radius 1 is 1.06 bits per heavy atom. The van der Waals surface area contributed by atoms with Crippen molar-refractivity contribution in [1.29, 1.82) is 0 Å². The van der Waals surface area contributed by atoms with Gasteiger partial charge in [-0.1, -0.05) is 0 Å². The van der Waals surface area contributed by atoms with E-state index in [1.165, 1.54) is 17.1 Å². The molecule has 0 spiro atoms. The summed E-state index contributed by atoms with van der Waals surface area (Å²) in [6.07, 6.45) is 2.57. The van der Waals surface area contributed by atoms with Crippen molar-refractivity contribution in [3.05, 3.63) is 12.2 Å². The minimum atomic E-state index is -0.399. The van der Waals surface area contributed by atoms with E-state index < -0.39 is 6.03 Å². The van der Waals surface area contributed by atoms with Crippen molar-refractivity contribution in [2.24, 2.45) is 5.73 Å². The van der Waals surface area contributed by atoms with E-state index in [1.807, 2.05) is 0 Å². The van der Waals surface area contributed by atoms with Crippen LogP contribution in [0.2, 0.25) is 0 Å². The van der Waals surface area contributed by atoms with Gasteiger partial charge in [0.1, 0.15) is 0 Å². The van der Waals surface area contributed by atoms with Crippen molar-refractivity contribution in [3.8, 4) is 0 Å². The second-order valence-corrected chi connectivity index (χ2v) is 4.33. The van der Waals surface area contributed by atoms with Crippen LogP contribution in [0.4, 0.5) is 4.79 Å². The smallest absolute Gasteiger partial charge is 0.314 e. The monoisotopic (exact) mass is 252 g/mol. The number of nitrogens with zero attached hydrogens (tertiary/aromatic N) is 3. The van der Waals surface area contributed by atoms with Crippen molar-refractivity contribution < 1.29 is 14.4 Å². The van der Waals surface area contributed by atoms with Crippen LogP contribution in [-0.2, 0) is 9.59 Å². The number of carbonyl (C=O) groups is 3. The molecule has 2 rings (SSSR count). The summed E-state index contributed by atoms with van der Waals surface area (Å²) in [6.45, 7) is 3.64. The van der Waals surface area contributed by atoms with Crippen LogP contribution in [0.25, 0.3) is 0 Å². The zero-order chi connectivity index (χ0) is 13.1. The van der Waals surface area contributed by atoms with Crippen molar-refractivity contribution in [3.63, 3.8) is 0 Å². The zero-order valence-electron chi connectivity index (χ0n) is 10.0. The average molecular weight is 252 g/mol. The minimum absolute atomic E-state index is 0.254. The minimum Gasteiger partial charge on any atom is -0.351 e. The summed E-state index contributed by atoms with van der Waals surface area (Å²) in [5, 5.41) is 0. The summed E-state index contributed by atoms with van der Waals surface area (Å²) in [6, 6.07) is -0.399. The fourth-order valence-corrected chi connectivity index (χ4v) is 2.08. The molecule has 2 aliphatic rings. The van der Waals surface area contributed by atoms with Crippen LogP contribution in [0.3, 0.4) is 0 Å². The van der Waals surface area contributed by atoms with E-state index in [1.54, 1.807) is 4.90 Å². The molecule has 0 unspecified atom stereocenters. The molecule has 0 radical (unpaired) electrons. The van der Waals surface area contributed by atoms with Crippen LogP contribution >= 0.6 is 0 Å². The van der Waals surface area contributed by atoms with Gasteiger partial charge in [0.2, 0.25) is 0 Å². The van der Waals surface area contributed by atoms with E-state index >= 15 is 0 Å². The van der Waals surface area contributed by atoms with Gasteiger partial charge in [-0.25, -0.2) is 4.79 Å². The third kappa shape index (κ3) is 2.67. The van der Waals surface area contributed by atoms with Crippen LogP contribution in [0.15, 0.2) is 12.2 Å². The van der Waals surface area contributed by atoms with Gasteiger partial charge in [0.25, 0.3) is 11.8 Å². The predicted molar refractivity (Wildman–Crippen MR) is 63.5 cm³/mol. The lowest BCUT2D eigenvalue weighted by Gasteiger charge is -2.34. The lowest BCUT2D eigenvalue weighted by atomic mass is 10.3. The Bertz CT molecular complexity index is 381. The Kier molecular flexibility index (Phi) is 3.61. The molecule has 2 heterocycles. The Hall–Kier alpha value is -1.89. The predicted octanol–water partition coefficient (Wildman–Crippen LogP) is -1.39. The van der Waals surface area contributed by atoms with Crippen molar-refractivity contribution in [2.75, 3.05) is 39.3 Å². The van der Waals surface area contributed by atoms with Crippen LogP contribution in [-0.4, -0.2) is 71.8 Å². The van der Waals surface area contributed by atoms with E-state index in [2.05, 4.69) is 4.90 Å². The molecule has 2 aliphatic heterocycles. The van der Waals surface area contributed by atoms with Gasteiger partial charge >= 0.3 is 6.03 Å². The molecule has 0 aromatic carbocycles. The van der Waals surface area contributed by atoms with Gasteiger partial charge < -0.3 is 10.6 Å². The summed E-state index contributed by atoms with van der Waals surface area (Å²) < 4.78 is 0. The van der Waals surface area contributed by atoms with Crippen molar-refractivity contribution in [2.45, 2.75) is 0 Å². The Morgan fingerprint density at radius 3 is 2.11 bits per heavy atom. The second-order valence-electron chi connectivity index (χ2n) is 4.33. The standard InChI is InChI=1S/C11H16N4O3/c12-11(18)14-6-3-13(4-7-14)5-8-15-9(16)1-2-10(15)17/h1-2H,3-8H2,(H2,12,18). The Balaban J connectivity index is 1.74. The molecule has 1 fully saturated rings. The van der Waals surface area contributed by atoms with Crippen LogP contribution in [0.5, 0.6) is 0 Å². The third-order valence-electron chi connectivity index (χ3n) is 3.22. The highest BCUT2D eigenvalue weighted by Gasteiger charge is 2.25. The number of piperazine rings is 1. The molecule has 0 aliphatic carbocycles. The highest BCUT2D eigenvalue weighted by Crippen LogP contribution is 2.05. The number of rotatable bonds is 3. The number of hydrogen-bond donors (Lipinski definition) is 1. The number of carbonyl (C=O) groups excluding carboxylic acids is 3. The highest BCUT2D eigenvalue weighted by molar-refractivity contribution is 6.12. The van der Waals surface area contributed by atoms with Crippen molar-refractivity contribution >= 4 is 17.8 Å². The largest absolute Gasteiger partial charge is 0.351 e. The summed E-state index contributed by atoms with van der Waals surface area (Å²) in [7, 11) is 0. The SMILES string of the molecule is NC(=O)N1CCN(CCN2C(=O)C=CC2=O)CC1. The van der Waals surface area contributed by atoms with Gasteiger partial charge in [-0.3, -0.25) is 19.4 Å². The van der Waals surface area contributed by atoms with Crippen LogP contribution in [0, 0.1) is 0 Å². The first-order valence-corrected chi connectivity index (χ1v) is 5.88. The van der Waals surface area contributed by atoms with Crippen LogP contribution in [0.1, 0.15) is 0 Å². The lowest BCUT2D eigenvalue weighted by molar-refractivity contribution is -0.137. The topological polar surface area (TPSA) is 87.0 Å². The fraction of sp³-hybridized carbons (Fsp3) is 0.545. The summed E-state index contributed by atoms with van der Waals surface area (Å²) in [4.78, 5) is 38.5. The molecule has 7 heteroatoms. The fourth-order valence-electron chi connectivity index (χ4n) is 2.08. The maximum atomic E-state index is 11.3. The molecule has 2 N–H and O–H groups in total.